The highest BCUT2D eigenvalue weighted by Crippen LogP contribution is 2.22. The minimum atomic E-state index is -0.312. The van der Waals surface area contributed by atoms with Crippen LogP contribution >= 0.6 is 0 Å². The van der Waals surface area contributed by atoms with Crippen LogP contribution in [0, 0.1) is 5.92 Å². The van der Waals surface area contributed by atoms with Gasteiger partial charge in [-0.15, -0.1) is 0 Å². The summed E-state index contributed by atoms with van der Waals surface area (Å²) in [7, 11) is 1.63. The molecule has 1 fully saturated rings. The van der Waals surface area contributed by atoms with E-state index in [0.29, 0.717) is 19.7 Å². The van der Waals surface area contributed by atoms with Crippen molar-refractivity contribution in [2.75, 3.05) is 26.8 Å². The topological polar surface area (TPSA) is 71.6 Å². The van der Waals surface area contributed by atoms with Crippen LogP contribution in [0.3, 0.4) is 0 Å². The molecule has 0 aliphatic carbocycles. The number of aromatic nitrogens is 1. The van der Waals surface area contributed by atoms with Gasteiger partial charge in [0.2, 0.25) is 0 Å². The molecule has 6 nitrogen and oxygen atoms in total. The Morgan fingerprint density at radius 1 is 1.18 bits per heavy atom. The van der Waals surface area contributed by atoms with Crippen molar-refractivity contribution in [3.63, 3.8) is 0 Å². The summed E-state index contributed by atoms with van der Waals surface area (Å²) in [6, 6.07) is 10.9. The van der Waals surface area contributed by atoms with Gasteiger partial charge < -0.3 is 19.4 Å². The maximum absolute atomic E-state index is 12.8. The van der Waals surface area contributed by atoms with Crippen LogP contribution in [-0.2, 0) is 0 Å². The van der Waals surface area contributed by atoms with E-state index in [1.165, 1.54) is 0 Å². The molecular formula is C22H28N2O4. The number of benzene rings is 1. The van der Waals surface area contributed by atoms with Gasteiger partial charge in [-0.25, -0.2) is 0 Å². The van der Waals surface area contributed by atoms with Crippen molar-refractivity contribution in [2.24, 2.45) is 5.92 Å². The number of methoxy groups -OCH3 is 1. The van der Waals surface area contributed by atoms with Crippen molar-refractivity contribution in [3.05, 3.63) is 58.0 Å². The number of hydrogen-bond acceptors (Lipinski definition) is 4. The van der Waals surface area contributed by atoms with Crippen molar-refractivity contribution in [3.8, 4) is 11.5 Å². The fraction of sp³-hybridized carbons (Fsp3) is 0.455. The number of piperidine rings is 1. The molecule has 1 amide bonds. The number of aromatic amines is 1. The highest BCUT2D eigenvalue weighted by Gasteiger charge is 2.26. The monoisotopic (exact) mass is 384 g/mol. The average molecular weight is 384 g/mol. The number of amides is 1. The van der Waals surface area contributed by atoms with Crippen LogP contribution in [0.25, 0.3) is 0 Å². The molecule has 1 N–H and O–H groups in total. The van der Waals surface area contributed by atoms with Gasteiger partial charge in [0.1, 0.15) is 17.1 Å². The number of hydrogen-bond donors (Lipinski definition) is 1. The van der Waals surface area contributed by atoms with E-state index in [4.69, 9.17) is 9.47 Å². The molecule has 1 aromatic heterocycles. The molecular weight excluding hydrogens is 356 g/mol. The van der Waals surface area contributed by atoms with Crippen molar-refractivity contribution in [1.29, 1.82) is 0 Å². The van der Waals surface area contributed by atoms with E-state index >= 15 is 0 Å². The summed E-state index contributed by atoms with van der Waals surface area (Å²) in [6.45, 7) is 5.82. The zero-order valence-electron chi connectivity index (χ0n) is 16.7. The second-order valence-corrected chi connectivity index (χ2v) is 7.56. The second kappa shape index (κ2) is 8.95. The molecule has 1 saturated heterocycles. The Labute approximate surface area is 165 Å². The predicted octanol–water partition coefficient (Wildman–Crippen LogP) is 3.44. The van der Waals surface area contributed by atoms with Crippen LogP contribution in [0.2, 0.25) is 0 Å². The van der Waals surface area contributed by atoms with E-state index in [1.54, 1.807) is 18.1 Å². The maximum atomic E-state index is 12.8. The molecule has 6 heteroatoms. The molecule has 0 unspecified atom stereocenters. The Hall–Kier alpha value is -2.76. The molecule has 1 aliphatic heterocycles. The molecule has 0 spiro atoms. The summed E-state index contributed by atoms with van der Waals surface area (Å²) < 4.78 is 11.0. The number of ether oxygens (including phenoxy) is 2. The Balaban J connectivity index is 1.60. The third-order valence-electron chi connectivity index (χ3n) is 5.14. The van der Waals surface area contributed by atoms with E-state index in [2.05, 4.69) is 4.98 Å². The Morgan fingerprint density at radius 2 is 1.89 bits per heavy atom. The molecule has 150 valence electrons. The summed E-state index contributed by atoms with van der Waals surface area (Å²) >= 11 is 0. The SMILES string of the molecule is COc1ccc(OC[C@@H]2CCCN(C(=O)c3ccc(C(C)C)[nH]c3=O)C2)cc1. The first kappa shape index (κ1) is 20.0. The number of carbonyl (C=O) groups is 1. The zero-order chi connectivity index (χ0) is 20.1. The standard InChI is InChI=1S/C22H28N2O4/c1-15(2)20-11-10-19(21(25)23-20)22(26)24-12-4-5-16(13-24)14-28-18-8-6-17(27-3)7-9-18/h6-11,15-16H,4-5,12-14H2,1-3H3,(H,23,25)/t16-/m1/s1. The van der Waals surface area contributed by atoms with Crippen LogP contribution in [0.5, 0.6) is 11.5 Å². The first-order chi connectivity index (χ1) is 13.5. The van der Waals surface area contributed by atoms with Gasteiger partial charge in [0.15, 0.2) is 0 Å². The van der Waals surface area contributed by atoms with Crippen molar-refractivity contribution < 1.29 is 14.3 Å². The number of H-pyrrole nitrogens is 1. The Bertz CT molecular complexity index is 858. The van der Waals surface area contributed by atoms with Gasteiger partial charge in [-0.2, -0.15) is 0 Å². The quantitative estimate of drug-likeness (QED) is 0.828. The molecule has 3 rings (SSSR count). The lowest BCUT2D eigenvalue weighted by Crippen LogP contribution is -2.43. The van der Waals surface area contributed by atoms with Crippen LogP contribution in [0.4, 0.5) is 0 Å². The zero-order valence-corrected chi connectivity index (χ0v) is 16.7. The predicted molar refractivity (Wildman–Crippen MR) is 108 cm³/mol. The van der Waals surface area contributed by atoms with Crippen molar-refractivity contribution in [1.82, 2.24) is 9.88 Å². The number of pyridine rings is 1. The number of nitrogens with zero attached hydrogens (tertiary/aromatic N) is 1. The van der Waals surface area contributed by atoms with Gasteiger partial charge in [0, 0.05) is 24.7 Å². The minimum absolute atomic E-state index is 0.203. The van der Waals surface area contributed by atoms with E-state index in [-0.39, 0.29) is 28.9 Å². The summed E-state index contributed by atoms with van der Waals surface area (Å²) in [4.78, 5) is 29.8. The number of likely N-dealkylation sites (tertiary alicyclic amines) is 1. The van der Waals surface area contributed by atoms with E-state index in [9.17, 15) is 9.59 Å². The summed E-state index contributed by atoms with van der Waals surface area (Å²) in [5.74, 6) is 1.83. The van der Waals surface area contributed by atoms with Gasteiger partial charge in [-0.3, -0.25) is 9.59 Å². The van der Waals surface area contributed by atoms with Crippen LogP contribution in [-0.4, -0.2) is 42.6 Å². The van der Waals surface area contributed by atoms with Crippen LogP contribution in [0.15, 0.2) is 41.2 Å². The normalized spacial score (nSPS) is 16.9. The maximum Gasteiger partial charge on any atom is 0.261 e. The fourth-order valence-electron chi connectivity index (χ4n) is 3.44. The highest BCUT2D eigenvalue weighted by molar-refractivity contribution is 5.93. The largest absolute Gasteiger partial charge is 0.497 e. The summed E-state index contributed by atoms with van der Waals surface area (Å²) in [5.41, 5.74) is 0.736. The first-order valence-corrected chi connectivity index (χ1v) is 9.77. The second-order valence-electron chi connectivity index (χ2n) is 7.56. The van der Waals surface area contributed by atoms with Gasteiger partial charge in [-0.05, 0) is 55.2 Å². The van der Waals surface area contributed by atoms with Crippen LogP contribution < -0.4 is 15.0 Å². The van der Waals surface area contributed by atoms with Crippen molar-refractivity contribution >= 4 is 5.91 Å². The molecule has 2 heterocycles. The third kappa shape index (κ3) is 4.74. The van der Waals surface area contributed by atoms with Gasteiger partial charge in [0.25, 0.3) is 11.5 Å². The fourth-order valence-corrected chi connectivity index (χ4v) is 3.44. The Morgan fingerprint density at radius 3 is 2.54 bits per heavy atom. The van der Waals surface area contributed by atoms with E-state index < -0.39 is 0 Å². The molecule has 0 saturated carbocycles. The molecule has 1 atom stereocenters. The number of nitrogens with one attached hydrogen (secondary N) is 1. The molecule has 1 aliphatic rings. The van der Waals surface area contributed by atoms with Crippen LogP contribution in [0.1, 0.15) is 48.7 Å². The molecule has 0 radical (unpaired) electrons. The van der Waals surface area contributed by atoms with Gasteiger partial charge >= 0.3 is 0 Å². The van der Waals surface area contributed by atoms with Gasteiger partial charge in [-0.1, -0.05) is 13.8 Å². The Kier molecular flexibility index (Phi) is 6.39. The number of carbonyl (C=O) groups excluding carboxylic acids is 1. The lowest BCUT2D eigenvalue weighted by Gasteiger charge is -2.32. The third-order valence-corrected chi connectivity index (χ3v) is 5.14. The minimum Gasteiger partial charge on any atom is -0.497 e. The van der Waals surface area contributed by atoms with Gasteiger partial charge in [0.05, 0.1) is 13.7 Å². The molecule has 28 heavy (non-hydrogen) atoms. The first-order valence-electron chi connectivity index (χ1n) is 9.77. The lowest BCUT2D eigenvalue weighted by molar-refractivity contribution is 0.0631. The summed E-state index contributed by atoms with van der Waals surface area (Å²) in [6.07, 6.45) is 1.91. The molecule has 1 aromatic carbocycles. The lowest BCUT2D eigenvalue weighted by atomic mass is 9.98. The number of rotatable bonds is 6. The van der Waals surface area contributed by atoms with Crippen molar-refractivity contribution in [2.45, 2.75) is 32.6 Å². The molecule has 2 aromatic rings. The van der Waals surface area contributed by atoms with E-state index in [0.717, 1.165) is 30.0 Å². The molecule has 0 bridgehead atoms. The average Bonchev–Trinajstić information content (AvgIpc) is 2.72. The summed E-state index contributed by atoms with van der Waals surface area (Å²) in [5, 5.41) is 0. The smallest absolute Gasteiger partial charge is 0.261 e. The highest BCUT2D eigenvalue weighted by atomic mass is 16.5. The van der Waals surface area contributed by atoms with E-state index in [1.807, 2.05) is 44.2 Å².